The summed E-state index contributed by atoms with van der Waals surface area (Å²) in [5, 5.41) is 5.27. The topological polar surface area (TPSA) is 80.5 Å². The summed E-state index contributed by atoms with van der Waals surface area (Å²) in [5.41, 5.74) is -0.0492. The number of carbonyl (C=O) groups excluding carboxylic acids is 1. The Kier molecular flexibility index (Phi) is 6.19. The van der Waals surface area contributed by atoms with Crippen molar-refractivity contribution < 1.29 is 13.2 Å². The Balaban J connectivity index is 3.29. The fourth-order valence-corrected chi connectivity index (χ4v) is 3.03. The highest BCUT2D eigenvalue weighted by atomic mass is 35.5. The predicted octanol–water partition coefficient (Wildman–Crippen LogP) is 2.50. The molecule has 0 aliphatic carbocycles. The Morgan fingerprint density at radius 1 is 1.38 bits per heavy atom. The van der Waals surface area contributed by atoms with Gasteiger partial charge in [0.15, 0.2) is 0 Å². The van der Waals surface area contributed by atoms with E-state index in [1.807, 2.05) is 20.8 Å². The molecular weight excluding hydrogens is 312 g/mol. The number of rotatable bonds is 6. The van der Waals surface area contributed by atoms with E-state index in [0.29, 0.717) is 19.0 Å². The molecule has 2 N–H and O–H groups in total. The van der Waals surface area contributed by atoms with Crippen LogP contribution in [0.3, 0.4) is 0 Å². The van der Waals surface area contributed by atoms with Crippen molar-refractivity contribution in [1.29, 1.82) is 0 Å². The average molecular weight is 333 g/mol. The Morgan fingerprint density at radius 2 is 2.00 bits per heavy atom. The molecule has 0 spiro atoms. The lowest BCUT2D eigenvalue weighted by atomic mass is 10.1. The zero-order valence-corrected chi connectivity index (χ0v) is 14.0. The number of nitrogens with zero attached hydrogens (tertiary/aromatic N) is 1. The second-order valence-electron chi connectivity index (χ2n) is 5.02. The van der Waals surface area contributed by atoms with E-state index in [9.17, 15) is 13.2 Å². The lowest BCUT2D eigenvalue weighted by Gasteiger charge is -2.25. The van der Waals surface area contributed by atoms with Crippen LogP contribution in [0.5, 0.6) is 0 Å². The largest absolute Gasteiger partial charge is 0.339 e. The van der Waals surface area contributed by atoms with E-state index < -0.39 is 15.9 Å². The summed E-state index contributed by atoms with van der Waals surface area (Å²) >= 11 is 6.03. The maximum Gasteiger partial charge on any atom is 0.256 e. The van der Waals surface area contributed by atoms with Crippen LogP contribution in [0.1, 0.15) is 37.6 Å². The Bertz CT molecular complexity index is 617. The summed E-state index contributed by atoms with van der Waals surface area (Å²) in [6.45, 7) is 6.92. The number of primary sulfonamides is 1. The van der Waals surface area contributed by atoms with Crippen LogP contribution < -0.4 is 5.14 Å². The van der Waals surface area contributed by atoms with Crippen molar-refractivity contribution in [1.82, 2.24) is 4.90 Å². The summed E-state index contributed by atoms with van der Waals surface area (Å²) in [7, 11) is -4.01. The van der Waals surface area contributed by atoms with Crippen molar-refractivity contribution in [2.24, 2.45) is 11.1 Å². The molecule has 0 fully saturated rings. The van der Waals surface area contributed by atoms with Gasteiger partial charge in [-0.3, -0.25) is 4.79 Å². The molecule has 0 aliphatic heterocycles. The smallest absolute Gasteiger partial charge is 0.256 e. The van der Waals surface area contributed by atoms with Crippen molar-refractivity contribution in [2.75, 3.05) is 13.1 Å². The summed E-state index contributed by atoms with van der Waals surface area (Å²) in [6, 6.07) is 4.25. The molecule has 1 atom stereocenters. The van der Waals surface area contributed by atoms with E-state index in [-0.39, 0.29) is 15.5 Å². The Hall–Kier alpha value is -1.11. The van der Waals surface area contributed by atoms with Crippen molar-refractivity contribution in [2.45, 2.75) is 32.1 Å². The van der Waals surface area contributed by atoms with E-state index in [4.69, 9.17) is 16.7 Å². The average Bonchev–Trinajstić information content (AvgIpc) is 2.42. The number of hydrogen-bond donors (Lipinski definition) is 1. The molecule has 7 heteroatoms. The van der Waals surface area contributed by atoms with Gasteiger partial charge >= 0.3 is 0 Å². The van der Waals surface area contributed by atoms with Crippen molar-refractivity contribution in [3.8, 4) is 0 Å². The molecule has 1 unspecified atom stereocenters. The molecule has 0 heterocycles. The number of amides is 1. The van der Waals surface area contributed by atoms with Gasteiger partial charge in [-0.15, -0.1) is 0 Å². The van der Waals surface area contributed by atoms with Gasteiger partial charge in [0.2, 0.25) is 10.0 Å². The minimum absolute atomic E-state index is 0.0492. The third-order valence-electron chi connectivity index (χ3n) is 3.39. The van der Waals surface area contributed by atoms with Gasteiger partial charge in [-0.05, 0) is 25.0 Å². The van der Waals surface area contributed by atoms with Crippen molar-refractivity contribution >= 4 is 27.5 Å². The second-order valence-corrected chi connectivity index (χ2v) is 6.95. The van der Waals surface area contributed by atoms with Crippen LogP contribution in [0, 0.1) is 5.92 Å². The number of hydrogen-bond acceptors (Lipinski definition) is 3. The van der Waals surface area contributed by atoms with Gasteiger partial charge in [-0.2, -0.15) is 0 Å². The first-order valence-electron chi connectivity index (χ1n) is 6.82. The fourth-order valence-electron chi connectivity index (χ4n) is 1.97. The molecule has 118 valence electrons. The molecule has 0 aliphatic rings. The molecule has 21 heavy (non-hydrogen) atoms. The summed E-state index contributed by atoms with van der Waals surface area (Å²) in [4.78, 5) is 14.0. The van der Waals surface area contributed by atoms with Crippen LogP contribution in [0.4, 0.5) is 0 Å². The minimum Gasteiger partial charge on any atom is -0.339 e. The van der Waals surface area contributed by atoms with Crippen LogP contribution in [0.15, 0.2) is 23.1 Å². The quantitative estimate of drug-likeness (QED) is 0.869. The van der Waals surface area contributed by atoms with Gasteiger partial charge in [-0.25, -0.2) is 13.6 Å². The number of nitrogens with two attached hydrogens (primary N) is 1. The number of halogens is 1. The highest BCUT2D eigenvalue weighted by Crippen LogP contribution is 2.25. The molecule has 0 aromatic heterocycles. The van der Waals surface area contributed by atoms with E-state index >= 15 is 0 Å². The zero-order chi connectivity index (χ0) is 16.2. The first-order valence-corrected chi connectivity index (χ1v) is 8.75. The Morgan fingerprint density at radius 3 is 2.48 bits per heavy atom. The molecule has 0 saturated heterocycles. The molecule has 1 rings (SSSR count). The number of sulfonamides is 1. The molecule has 1 aromatic carbocycles. The minimum atomic E-state index is -4.01. The molecule has 5 nitrogen and oxygen atoms in total. The van der Waals surface area contributed by atoms with E-state index in [0.717, 1.165) is 6.42 Å². The van der Waals surface area contributed by atoms with Gasteiger partial charge < -0.3 is 4.90 Å². The third kappa shape index (κ3) is 4.43. The van der Waals surface area contributed by atoms with Crippen LogP contribution in [0.2, 0.25) is 5.02 Å². The first kappa shape index (κ1) is 17.9. The molecule has 1 aromatic rings. The van der Waals surface area contributed by atoms with E-state index in [1.54, 1.807) is 4.90 Å². The summed E-state index contributed by atoms with van der Waals surface area (Å²) < 4.78 is 23.3. The lowest BCUT2D eigenvalue weighted by molar-refractivity contribution is 0.0737. The molecule has 0 saturated carbocycles. The highest BCUT2D eigenvalue weighted by Gasteiger charge is 2.26. The van der Waals surface area contributed by atoms with Crippen LogP contribution in [-0.2, 0) is 10.0 Å². The maximum absolute atomic E-state index is 12.6. The van der Waals surface area contributed by atoms with Crippen LogP contribution in [-0.4, -0.2) is 32.3 Å². The van der Waals surface area contributed by atoms with Gasteiger partial charge in [0.05, 0.1) is 15.5 Å². The maximum atomic E-state index is 12.6. The van der Waals surface area contributed by atoms with Crippen molar-refractivity contribution in [3.63, 3.8) is 0 Å². The zero-order valence-electron chi connectivity index (χ0n) is 12.5. The molecule has 0 radical (unpaired) electrons. The number of carbonyl (C=O) groups is 1. The van der Waals surface area contributed by atoms with Crippen LogP contribution in [0.25, 0.3) is 0 Å². The molecule has 0 bridgehead atoms. The molecule has 1 amide bonds. The van der Waals surface area contributed by atoms with E-state index in [2.05, 4.69) is 0 Å². The normalized spacial score (nSPS) is 13.0. The van der Waals surface area contributed by atoms with E-state index in [1.165, 1.54) is 18.2 Å². The highest BCUT2D eigenvalue weighted by molar-refractivity contribution is 7.89. The second kappa shape index (κ2) is 7.24. The lowest BCUT2D eigenvalue weighted by Crippen LogP contribution is -2.35. The SMILES string of the molecule is CCC(C)CN(CC)C(=O)c1c(Cl)cccc1S(N)(=O)=O. The Labute approximate surface area is 131 Å². The van der Waals surface area contributed by atoms with Crippen molar-refractivity contribution in [3.05, 3.63) is 28.8 Å². The third-order valence-corrected chi connectivity index (χ3v) is 4.66. The van der Waals surface area contributed by atoms with Gasteiger partial charge in [0.1, 0.15) is 0 Å². The van der Waals surface area contributed by atoms with Gasteiger partial charge in [0.25, 0.3) is 5.91 Å². The van der Waals surface area contributed by atoms with Gasteiger partial charge in [-0.1, -0.05) is 37.9 Å². The van der Waals surface area contributed by atoms with Crippen LogP contribution >= 0.6 is 11.6 Å². The summed E-state index contributed by atoms with van der Waals surface area (Å²) in [5.74, 6) is -0.0956. The summed E-state index contributed by atoms with van der Waals surface area (Å²) in [6.07, 6.45) is 0.925. The standard InChI is InChI=1S/C14H21ClN2O3S/c1-4-10(3)9-17(5-2)14(18)13-11(15)7-6-8-12(13)21(16,19)20/h6-8,10H,4-5,9H2,1-3H3,(H2,16,19,20). The fraction of sp³-hybridized carbons (Fsp3) is 0.500. The number of benzene rings is 1. The first-order chi connectivity index (χ1) is 9.72. The molecular formula is C14H21ClN2O3S. The predicted molar refractivity (Wildman–Crippen MR) is 83.9 cm³/mol. The monoisotopic (exact) mass is 332 g/mol. The van der Waals surface area contributed by atoms with Gasteiger partial charge in [0, 0.05) is 13.1 Å².